The second-order valence-corrected chi connectivity index (χ2v) is 6.43. The lowest BCUT2D eigenvalue weighted by molar-refractivity contribution is 0.575. The van der Waals surface area contributed by atoms with Gasteiger partial charge in [0.1, 0.15) is 11.6 Å². The molecular weight excluding hydrogens is 313 g/mol. The number of halogens is 1. The van der Waals surface area contributed by atoms with Crippen LogP contribution >= 0.6 is 0 Å². The molecule has 0 amide bonds. The van der Waals surface area contributed by atoms with Crippen LogP contribution in [0.5, 0.6) is 0 Å². The summed E-state index contributed by atoms with van der Waals surface area (Å²) in [5.74, 6) is -0.453. The van der Waals surface area contributed by atoms with E-state index in [-0.39, 0.29) is 5.56 Å². The molecule has 0 radical (unpaired) electrons. The van der Waals surface area contributed by atoms with Crippen LogP contribution in [0.2, 0.25) is 0 Å². The summed E-state index contributed by atoms with van der Waals surface area (Å²) in [4.78, 5) is 7.81. The molecule has 4 heteroatoms. The van der Waals surface area contributed by atoms with Crippen LogP contribution in [0.1, 0.15) is 69.4 Å². The first kappa shape index (κ1) is 19.1. The minimum atomic E-state index is -0.768. The van der Waals surface area contributed by atoms with Crippen LogP contribution in [0.3, 0.4) is 0 Å². The third-order valence-electron chi connectivity index (χ3n) is 4.39. The first-order chi connectivity index (χ1) is 12.2. The normalized spacial score (nSPS) is 10.6. The molecule has 0 aliphatic carbocycles. The molecule has 0 N–H and O–H groups in total. The summed E-state index contributed by atoms with van der Waals surface area (Å²) >= 11 is 0. The minimum Gasteiger partial charge on any atom is -0.235 e. The van der Waals surface area contributed by atoms with E-state index in [1.807, 2.05) is 12.1 Å². The van der Waals surface area contributed by atoms with Crippen LogP contribution in [0.25, 0.3) is 11.4 Å². The van der Waals surface area contributed by atoms with E-state index >= 15 is 0 Å². The standard InChI is InChI=1S/C21H26FN3/c1-2-3-4-5-6-7-8-9-10-17-11-13-18(14-12-17)21-24-16-19(15-23)20(22)25-21/h11-14,16H,2-10H2,1H3. The van der Waals surface area contributed by atoms with E-state index < -0.39 is 5.95 Å². The summed E-state index contributed by atoms with van der Waals surface area (Å²) in [7, 11) is 0. The first-order valence-corrected chi connectivity index (χ1v) is 9.26. The molecule has 0 aliphatic rings. The third kappa shape index (κ3) is 6.26. The smallest absolute Gasteiger partial charge is 0.234 e. The molecule has 1 aromatic heterocycles. The van der Waals surface area contributed by atoms with Crippen LogP contribution in [0.15, 0.2) is 30.5 Å². The van der Waals surface area contributed by atoms with Crippen molar-refractivity contribution in [1.82, 2.24) is 9.97 Å². The van der Waals surface area contributed by atoms with Gasteiger partial charge in [-0.1, -0.05) is 76.1 Å². The SMILES string of the molecule is CCCCCCCCCCc1ccc(-c2ncc(C#N)c(F)n2)cc1. The van der Waals surface area contributed by atoms with Crippen molar-refractivity contribution in [2.45, 2.75) is 64.7 Å². The highest BCUT2D eigenvalue weighted by Crippen LogP contribution is 2.18. The molecule has 0 fully saturated rings. The number of aromatic nitrogens is 2. The zero-order valence-electron chi connectivity index (χ0n) is 15.0. The van der Waals surface area contributed by atoms with E-state index in [1.165, 1.54) is 63.1 Å². The van der Waals surface area contributed by atoms with E-state index in [1.54, 1.807) is 6.07 Å². The predicted octanol–water partition coefficient (Wildman–Crippen LogP) is 5.84. The van der Waals surface area contributed by atoms with Crippen molar-refractivity contribution >= 4 is 0 Å². The second-order valence-electron chi connectivity index (χ2n) is 6.43. The van der Waals surface area contributed by atoms with Crippen molar-refractivity contribution in [2.24, 2.45) is 0 Å². The molecule has 0 bridgehead atoms. The van der Waals surface area contributed by atoms with Crippen LogP contribution in [-0.4, -0.2) is 9.97 Å². The third-order valence-corrected chi connectivity index (χ3v) is 4.39. The number of rotatable bonds is 10. The number of hydrogen-bond acceptors (Lipinski definition) is 3. The molecule has 2 aromatic rings. The Bertz CT molecular complexity index is 689. The van der Waals surface area contributed by atoms with Crippen molar-refractivity contribution < 1.29 is 4.39 Å². The monoisotopic (exact) mass is 339 g/mol. The molecule has 0 aliphatic heterocycles. The fraction of sp³-hybridized carbons (Fsp3) is 0.476. The predicted molar refractivity (Wildman–Crippen MR) is 98.5 cm³/mol. The van der Waals surface area contributed by atoms with Crippen molar-refractivity contribution in [3.63, 3.8) is 0 Å². The van der Waals surface area contributed by atoms with Crippen LogP contribution in [-0.2, 0) is 6.42 Å². The van der Waals surface area contributed by atoms with Gasteiger partial charge in [0.05, 0.1) is 6.20 Å². The molecule has 25 heavy (non-hydrogen) atoms. The van der Waals surface area contributed by atoms with Gasteiger partial charge >= 0.3 is 0 Å². The molecule has 1 heterocycles. The Labute approximate surface area is 150 Å². The summed E-state index contributed by atoms with van der Waals surface area (Å²) in [6.45, 7) is 2.25. The van der Waals surface area contributed by atoms with Crippen LogP contribution in [0.4, 0.5) is 4.39 Å². The van der Waals surface area contributed by atoms with Gasteiger partial charge in [0, 0.05) is 5.56 Å². The molecule has 0 saturated heterocycles. The topological polar surface area (TPSA) is 49.6 Å². The molecule has 3 nitrogen and oxygen atoms in total. The van der Waals surface area contributed by atoms with Crippen LogP contribution < -0.4 is 0 Å². The lowest BCUT2D eigenvalue weighted by Gasteiger charge is -2.05. The van der Waals surface area contributed by atoms with Crippen LogP contribution in [0, 0.1) is 17.3 Å². The number of unbranched alkanes of at least 4 members (excludes halogenated alkanes) is 7. The first-order valence-electron chi connectivity index (χ1n) is 9.26. The fourth-order valence-electron chi connectivity index (χ4n) is 2.86. The minimum absolute atomic E-state index is 0.130. The van der Waals surface area contributed by atoms with Crippen molar-refractivity contribution in [3.05, 3.63) is 47.5 Å². The molecular formula is C21H26FN3. The lowest BCUT2D eigenvalue weighted by atomic mass is 10.0. The Balaban J connectivity index is 1.76. The number of hydrogen-bond donors (Lipinski definition) is 0. The van der Waals surface area contributed by atoms with Gasteiger partial charge in [-0.2, -0.15) is 14.6 Å². The Kier molecular flexibility index (Phi) is 8.04. The van der Waals surface area contributed by atoms with E-state index in [2.05, 4.69) is 29.0 Å². The Morgan fingerprint density at radius 1 is 0.960 bits per heavy atom. The quantitative estimate of drug-likeness (QED) is 0.404. The maximum absolute atomic E-state index is 13.6. The van der Waals surface area contributed by atoms with Crippen molar-refractivity contribution in [1.29, 1.82) is 5.26 Å². The average Bonchev–Trinajstić information content (AvgIpc) is 2.64. The molecule has 2 rings (SSSR count). The summed E-state index contributed by atoms with van der Waals surface area (Å²) in [5.41, 5.74) is 1.92. The van der Waals surface area contributed by atoms with Gasteiger partial charge < -0.3 is 0 Å². The summed E-state index contributed by atoms with van der Waals surface area (Å²) in [6.07, 6.45) is 12.8. The summed E-state index contributed by atoms with van der Waals surface area (Å²) < 4.78 is 13.6. The summed E-state index contributed by atoms with van der Waals surface area (Å²) in [5, 5.41) is 8.72. The van der Waals surface area contributed by atoms with Crippen molar-refractivity contribution in [3.8, 4) is 17.5 Å². The van der Waals surface area contributed by atoms with E-state index in [0.29, 0.717) is 5.82 Å². The molecule has 132 valence electrons. The number of nitriles is 1. The molecule has 0 unspecified atom stereocenters. The molecule has 0 atom stereocenters. The zero-order chi connectivity index (χ0) is 17.9. The summed E-state index contributed by atoms with van der Waals surface area (Å²) in [6, 6.07) is 9.67. The van der Waals surface area contributed by atoms with E-state index in [0.717, 1.165) is 12.0 Å². The molecule has 1 aromatic carbocycles. The largest absolute Gasteiger partial charge is 0.235 e. The highest BCUT2D eigenvalue weighted by Gasteiger charge is 2.07. The molecule has 0 spiro atoms. The number of nitrogens with zero attached hydrogens (tertiary/aromatic N) is 3. The fourth-order valence-corrected chi connectivity index (χ4v) is 2.86. The van der Waals surface area contributed by atoms with Gasteiger partial charge in [-0.05, 0) is 18.4 Å². The van der Waals surface area contributed by atoms with Gasteiger partial charge in [-0.15, -0.1) is 0 Å². The second kappa shape index (κ2) is 10.6. The average molecular weight is 339 g/mol. The lowest BCUT2D eigenvalue weighted by Crippen LogP contribution is -1.96. The van der Waals surface area contributed by atoms with E-state index in [4.69, 9.17) is 5.26 Å². The zero-order valence-corrected chi connectivity index (χ0v) is 15.0. The highest BCUT2D eigenvalue weighted by atomic mass is 19.1. The number of aryl methyl sites for hydroxylation is 1. The van der Waals surface area contributed by atoms with E-state index in [9.17, 15) is 4.39 Å². The maximum Gasteiger partial charge on any atom is 0.234 e. The Morgan fingerprint density at radius 2 is 1.60 bits per heavy atom. The molecule has 0 saturated carbocycles. The highest BCUT2D eigenvalue weighted by molar-refractivity contribution is 5.55. The van der Waals surface area contributed by atoms with Gasteiger partial charge in [0.15, 0.2) is 5.82 Å². The number of benzene rings is 1. The maximum atomic E-state index is 13.6. The Hall–Kier alpha value is -2.28. The van der Waals surface area contributed by atoms with Gasteiger partial charge in [-0.25, -0.2) is 4.98 Å². The van der Waals surface area contributed by atoms with Crippen molar-refractivity contribution in [2.75, 3.05) is 0 Å². The Morgan fingerprint density at radius 3 is 2.20 bits per heavy atom. The van der Waals surface area contributed by atoms with Gasteiger partial charge in [0.25, 0.3) is 0 Å². The van der Waals surface area contributed by atoms with Gasteiger partial charge in [-0.3, -0.25) is 0 Å². The van der Waals surface area contributed by atoms with Gasteiger partial charge in [0.2, 0.25) is 5.95 Å².